The normalized spacial score (nSPS) is 18.1. The van der Waals surface area contributed by atoms with Crippen LogP contribution in [0.3, 0.4) is 0 Å². The lowest BCUT2D eigenvalue weighted by atomic mass is 10.0. The van der Waals surface area contributed by atoms with E-state index in [-0.39, 0.29) is 29.0 Å². The molecule has 13 heteroatoms. The Morgan fingerprint density at radius 1 is 0.441 bits per heavy atom. The Bertz CT molecular complexity index is 2260. The van der Waals surface area contributed by atoms with Crippen LogP contribution in [0.15, 0.2) is 91.1 Å². The molecule has 59 heavy (non-hydrogen) atoms. The molecule has 5 aromatic rings. The first-order valence-corrected chi connectivity index (χ1v) is 22.1. The fourth-order valence-corrected chi connectivity index (χ4v) is 9.92. The van der Waals surface area contributed by atoms with Gasteiger partial charge >= 0.3 is 17.2 Å². The van der Waals surface area contributed by atoms with Gasteiger partial charge in [-0.3, -0.25) is 9.51 Å². The fourth-order valence-electron chi connectivity index (χ4n) is 7.89. The summed E-state index contributed by atoms with van der Waals surface area (Å²) >= 11 is 0. The molecule has 5 heterocycles. The number of fused-ring (bicyclic) bond motifs is 4. The Balaban J connectivity index is 1.01. The van der Waals surface area contributed by atoms with Crippen LogP contribution in [0.2, 0.25) is 0 Å². The molecule has 1 aromatic heterocycles. The molecule has 308 valence electrons. The number of rotatable bonds is 13. The summed E-state index contributed by atoms with van der Waals surface area (Å²) in [4.78, 5) is 4.69. The predicted octanol–water partition coefficient (Wildman–Crippen LogP) is 11.6. The second kappa shape index (κ2) is 14.9. The summed E-state index contributed by atoms with van der Waals surface area (Å²) in [5, 5.41) is 0. The molecule has 4 aliphatic rings. The Morgan fingerprint density at radius 3 is 1.14 bits per heavy atom. The molecule has 4 aromatic carbocycles. The summed E-state index contributed by atoms with van der Waals surface area (Å²) < 4.78 is 65.1. The van der Waals surface area contributed by atoms with Crippen molar-refractivity contribution in [1.29, 1.82) is 0 Å². The summed E-state index contributed by atoms with van der Waals surface area (Å²) in [7, 11) is -4.25. The molecule has 0 saturated heterocycles. The van der Waals surface area contributed by atoms with Crippen LogP contribution in [0.5, 0.6) is 51.7 Å². The van der Waals surface area contributed by atoms with Gasteiger partial charge < -0.3 is 41.6 Å². The molecule has 0 bridgehead atoms. The van der Waals surface area contributed by atoms with E-state index in [0.717, 1.165) is 47.9 Å². The lowest BCUT2D eigenvalue weighted by Gasteiger charge is -2.23. The van der Waals surface area contributed by atoms with Crippen molar-refractivity contribution in [3.63, 3.8) is 0 Å². The number of pyridine rings is 1. The third-order valence-corrected chi connectivity index (χ3v) is 12.3. The summed E-state index contributed by atoms with van der Waals surface area (Å²) in [5.74, 6) is 5.16. The SMILES string of the molecule is CC1(C)Cc2cccc(OP(OCc3ncccc3OP(Oc3cccc4c3OC(C)(C)C4)Oc3cccc4c3OC(C)(C)C4)Oc3cccc4c3OC(C)(C)C4)c2O1. The molecule has 0 N–H and O–H groups in total. The van der Waals surface area contributed by atoms with Gasteiger partial charge in [0.05, 0.1) is 0 Å². The second-order valence-corrected chi connectivity index (χ2v) is 19.8. The highest BCUT2D eigenvalue weighted by Gasteiger charge is 2.39. The number of nitrogens with zero attached hydrogens (tertiary/aromatic N) is 1. The van der Waals surface area contributed by atoms with Gasteiger partial charge in [-0.2, -0.15) is 0 Å². The topological polar surface area (TPSA) is 105 Å². The molecular weight excluding hydrogens is 788 g/mol. The van der Waals surface area contributed by atoms with Crippen molar-refractivity contribution in [3.05, 3.63) is 119 Å². The second-order valence-electron chi connectivity index (χ2n) is 17.8. The van der Waals surface area contributed by atoms with Crippen molar-refractivity contribution < 1.29 is 46.1 Å². The lowest BCUT2D eigenvalue weighted by molar-refractivity contribution is 0.133. The third-order valence-electron chi connectivity index (χ3n) is 10.2. The molecule has 9 rings (SSSR count). The number of hydrogen-bond acceptors (Lipinski definition) is 11. The van der Waals surface area contributed by atoms with Crippen molar-refractivity contribution in [1.82, 2.24) is 4.98 Å². The lowest BCUT2D eigenvalue weighted by Crippen LogP contribution is -2.24. The summed E-state index contributed by atoms with van der Waals surface area (Å²) in [6.07, 6.45) is 4.68. The van der Waals surface area contributed by atoms with Crippen molar-refractivity contribution in [2.75, 3.05) is 0 Å². The van der Waals surface area contributed by atoms with Crippen LogP contribution in [-0.4, -0.2) is 27.4 Å². The maximum Gasteiger partial charge on any atom is 0.530 e. The van der Waals surface area contributed by atoms with Gasteiger partial charge in [0.2, 0.25) is 0 Å². The first-order chi connectivity index (χ1) is 28.1. The highest BCUT2D eigenvalue weighted by atomic mass is 31.2. The number of benzene rings is 4. The molecule has 0 atom stereocenters. The van der Waals surface area contributed by atoms with Gasteiger partial charge in [0.15, 0.2) is 51.7 Å². The zero-order valence-corrected chi connectivity index (χ0v) is 36.4. The van der Waals surface area contributed by atoms with Crippen LogP contribution in [0.4, 0.5) is 0 Å². The fraction of sp³-hybridized carbons (Fsp3) is 0.370. The Morgan fingerprint density at radius 2 is 0.763 bits per heavy atom. The average molecular weight is 838 g/mol. The van der Waals surface area contributed by atoms with Gasteiger partial charge in [-0.15, -0.1) is 0 Å². The minimum absolute atomic E-state index is 0.0378. The van der Waals surface area contributed by atoms with Crippen molar-refractivity contribution >= 4 is 17.2 Å². The number of ether oxygens (including phenoxy) is 4. The summed E-state index contributed by atoms with van der Waals surface area (Å²) in [5.41, 5.74) is 3.17. The van der Waals surface area contributed by atoms with Gasteiger partial charge in [0.25, 0.3) is 0 Å². The van der Waals surface area contributed by atoms with E-state index in [0.29, 0.717) is 57.4 Å². The van der Waals surface area contributed by atoms with E-state index in [1.165, 1.54) is 0 Å². The average Bonchev–Trinajstić information content (AvgIpc) is 3.88. The Hall–Kier alpha value is -4.95. The molecule has 0 saturated carbocycles. The van der Waals surface area contributed by atoms with Crippen LogP contribution in [0, 0.1) is 0 Å². The smallest absolute Gasteiger partial charge is 0.483 e. The number of aromatic nitrogens is 1. The largest absolute Gasteiger partial charge is 0.530 e. The molecule has 0 radical (unpaired) electrons. The first-order valence-electron chi connectivity index (χ1n) is 19.9. The van der Waals surface area contributed by atoms with E-state index in [1.54, 1.807) is 12.3 Å². The molecule has 0 unspecified atom stereocenters. The van der Waals surface area contributed by atoms with Gasteiger partial charge in [-0.05, 0) is 91.8 Å². The first kappa shape index (κ1) is 39.5. The summed E-state index contributed by atoms with van der Waals surface area (Å²) in [6, 6.07) is 27.1. The van der Waals surface area contributed by atoms with Crippen LogP contribution < -0.4 is 41.6 Å². The molecule has 11 nitrogen and oxygen atoms in total. The Labute approximate surface area is 348 Å². The maximum atomic E-state index is 6.67. The maximum absolute atomic E-state index is 6.67. The number of hydrogen-bond donors (Lipinski definition) is 0. The van der Waals surface area contributed by atoms with Gasteiger partial charge in [0.1, 0.15) is 34.7 Å². The molecule has 4 aliphatic heterocycles. The van der Waals surface area contributed by atoms with Crippen LogP contribution in [0.1, 0.15) is 83.3 Å². The highest BCUT2D eigenvalue weighted by molar-refractivity contribution is 7.43. The van der Waals surface area contributed by atoms with E-state index >= 15 is 0 Å². The van der Waals surface area contributed by atoms with Crippen LogP contribution >= 0.6 is 17.2 Å². The van der Waals surface area contributed by atoms with E-state index in [2.05, 4.69) is 60.4 Å². The minimum atomic E-state index is -2.16. The number of para-hydroxylation sites is 4. The van der Waals surface area contributed by atoms with E-state index in [4.69, 9.17) is 46.1 Å². The minimum Gasteiger partial charge on any atom is -0.483 e. The van der Waals surface area contributed by atoms with Crippen LogP contribution in [0.25, 0.3) is 0 Å². The van der Waals surface area contributed by atoms with Crippen molar-refractivity contribution in [3.8, 4) is 51.7 Å². The van der Waals surface area contributed by atoms with Gasteiger partial charge in [0, 0.05) is 54.1 Å². The third kappa shape index (κ3) is 8.57. The standard InChI is InChI=1S/C46H49NO10P2/c1-43(2)24-29-14-9-18-35(39(29)49-43)54-58(55-36-19-10-15-30-25-44(3,4)50-40(30)36)48-28-33-34(22-13-23-47-33)53-59(56-37-20-11-16-31-26-45(5,6)51-41(31)37)57-38-21-12-17-32-27-46(7,8)52-42(32)38/h9-23H,24-28H2,1-8H3. The highest BCUT2D eigenvalue weighted by Crippen LogP contribution is 2.55. The van der Waals surface area contributed by atoms with E-state index < -0.39 is 17.2 Å². The van der Waals surface area contributed by atoms with Gasteiger partial charge in [-0.25, -0.2) is 0 Å². The molecule has 0 amide bonds. The monoisotopic (exact) mass is 837 g/mol. The quantitative estimate of drug-likeness (QED) is 0.106. The summed E-state index contributed by atoms with van der Waals surface area (Å²) in [6.45, 7) is 16.4. The van der Waals surface area contributed by atoms with Crippen molar-refractivity contribution in [2.24, 2.45) is 0 Å². The van der Waals surface area contributed by atoms with Crippen LogP contribution in [-0.2, 0) is 36.8 Å². The zero-order valence-electron chi connectivity index (χ0n) is 34.6. The molecule has 0 fully saturated rings. The predicted molar refractivity (Wildman–Crippen MR) is 225 cm³/mol. The van der Waals surface area contributed by atoms with Crippen molar-refractivity contribution in [2.45, 2.75) is 110 Å². The van der Waals surface area contributed by atoms with E-state index in [9.17, 15) is 0 Å². The molecule has 0 spiro atoms. The molecule has 0 aliphatic carbocycles. The molecular formula is C46H49NO10P2. The Kier molecular flexibility index (Phi) is 10.0. The van der Waals surface area contributed by atoms with Gasteiger partial charge in [-0.1, -0.05) is 48.5 Å². The zero-order chi connectivity index (χ0) is 41.2. The van der Waals surface area contributed by atoms with E-state index in [1.807, 2.05) is 78.9 Å².